The minimum atomic E-state index is -0.513. The summed E-state index contributed by atoms with van der Waals surface area (Å²) >= 11 is 1.76. The standard InChI is InChI=1S/C13H13N3O4S2/c1-15-11(14-7-12(15)16(18)19)9-21-13(17)22-20-8-10-5-3-2-4-6-10/h2-7H,8-9H2,1H3. The van der Waals surface area contributed by atoms with Gasteiger partial charge in [-0.1, -0.05) is 42.1 Å². The van der Waals surface area contributed by atoms with E-state index in [1.807, 2.05) is 30.3 Å². The average Bonchev–Trinajstić information content (AvgIpc) is 2.87. The van der Waals surface area contributed by atoms with Gasteiger partial charge in [0.25, 0.3) is 4.45 Å². The largest absolute Gasteiger partial charge is 0.358 e. The van der Waals surface area contributed by atoms with Gasteiger partial charge in [-0.3, -0.25) is 4.79 Å². The zero-order valence-corrected chi connectivity index (χ0v) is 13.3. The van der Waals surface area contributed by atoms with Crippen LogP contribution in [0.1, 0.15) is 11.4 Å². The molecule has 0 aliphatic heterocycles. The van der Waals surface area contributed by atoms with E-state index in [2.05, 4.69) is 4.98 Å². The van der Waals surface area contributed by atoms with E-state index < -0.39 is 4.92 Å². The molecule has 0 fully saturated rings. The van der Waals surface area contributed by atoms with Gasteiger partial charge >= 0.3 is 5.82 Å². The summed E-state index contributed by atoms with van der Waals surface area (Å²) in [7, 11) is 1.55. The zero-order chi connectivity index (χ0) is 15.9. The van der Waals surface area contributed by atoms with Gasteiger partial charge in [0.2, 0.25) is 5.82 Å². The number of hydrogen-bond acceptors (Lipinski definition) is 7. The molecule has 7 nitrogen and oxygen atoms in total. The van der Waals surface area contributed by atoms with E-state index in [9.17, 15) is 14.9 Å². The highest BCUT2D eigenvalue weighted by Crippen LogP contribution is 2.23. The number of hydrogen-bond donors (Lipinski definition) is 0. The number of thioether (sulfide) groups is 1. The Bertz CT molecular complexity index is 661. The van der Waals surface area contributed by atoms with Crippen LogP contribution in [0.25, 0.3) is 0 Å². The third-order valence-electron chi connectivity index (χ3n) is 2.76. The predicted molar refractivity (Wildman–Crippen MR) is 85.4 cm³/mol. The second-order valence-electron chi connectivity index (χ2n) is 4.22. The van der Waals surface area contributed by atoms with Crippen molar-refractivity contribution in [2.24, 2.45) is 7.05 Å². The molecule has 0 aliphatic rings. The van der Waals surface area contributed by atoms with E-state index in [1.165, 1.54) is 10.8 Å². The van der Waals surface area contributed by atoms with Gasteiger partial charge in [-0.25, -0.2) is 9.55 Å². The Hall–Kier alpha value is -1.84. The maximum absolute atomic E-state index is 11.7. The Morgan fingerprint density at radius 3 is 2.77 bits per heavy atom. The van der Waals surface area contributed by atoms with Crippen molar-refractivity contribution in [2.45, 2.75) is 12.4 Å². The Kier molecular flexibility index (Phi) is 5.99. The Labute approximate surface area is 135 Å². The molecular weight excluding hydrogens is 326 g/mol. The summed E-state index contributed by atoms with van der Waals surface area (Å²) < 4.78 is 6.39. The van der Waals surface area contributed by atoms with Crippen LogP contribution in [0.5, 0.6) is 0 Å². The smallest absolute Gasteiger partial charge is 0.342 e. The number of aromatic nitrogens is 2. The average molecular weight is 339 g/mol. The van der Waals surface area contributed by atoms with Crippen molar-refractivity contribution in [1.29, 1.82) is 0 Å². The fourth-order valence-electron chi connectivity index (χ4n) is 1.61. The first-order valence-electron chi connectivity index (χ1n) is 6.23. The van der Waals surface area contributed by atoms with Gasteiger partial charge in [0, 0.05) is 0 Å². The lowest BCUT2D eigenvalue weighted by Gasteiger charge is -2.01. The van der Waals surface area contributed by atoms with Crippen LogP contribution in [0.3, 0.4) is 0 Å². The minimum Gasteiger partial charge on any atom is -0.358 e. The molecule has 0 spiro atoms. The first-order valence-corrected chi connectivity index (χ1v) is 7.96. The molecule has 116 valence electrons. The fraction of sp³-hybridized carbons (Fsp3) is 0.231. The molecule has 0 unspecified atom stereocenters. The molecule has 0 bridgehead atoms. The van der Waals surface area contributed by atoms with Crippen LogP contribution in [0.15, 0.2) is 36.5 Å². The van der Waals surface area contributed by atoms with Gasteiger partial charge in [0.15, 0.2) is 0 Å². The predicted octanol–water partition coefficient (Wildman–Crippen LogP) is 3.55. The molecule has 0 atom stereocenters. The topological polar surface area (TPSA) is 87.3 Å². The van der Waals surface area contributed by atoms with Crippen LogP contribution in [-0.2, 0) is 23.6 Å². The number of nitrogens with zero attached hydrogens (tertiary/aromatic N) is 3. The molecule has 0 amide bonds. The zero-order valence-electron chi connectivity index (χ0n) is 11.7. The van der Waals surface area contributed by atoms with Crippen molar-refractivity contribution >= 4 is 34.1 Å². The first kappa shape index (κ1) is 16.5. The SMILES string of the molecule is Cn1c([N+](=O)[O-])cnc1CSC(=O)SOCc1ccccc1. The lowest BCUT2D eigenvalue weighted by molar-refractivity contribution is -0.391. The monoisotopic (exact) mass is 339 g/mol. The maximum atomic E-state index is 11.7. The molecule has 22 heavy (non-hydrogen) atoms. The third-order valence-corrected chi connectivity index (χ3v) is 4.33. The number of benzene rings is 1. The number of rotatable bonds is 6. The fourth-order valence-corrected chi connectivity index (χ4v) is 2.93. The highest BCUT2D eigenvalue weighted by atomic mass is 32.2. The molecule has 0 aliphatic carbocycles. The van der Waals surface area contributed by atoms with E-state index in [1.54, 1.807) is 7.05 Å². The summed E-state index contributed by atoms with van der Waals surface area (Å²) in [6.07, 6.45) is 1.18. The highest BCUT2D eigenvalue weighted by Gasteiger charge is 2.17. The Morgan fingerprint density at radius 1 is 1.41 bits per heavy atom. The molecular formula is C13H13N3O4S2. The van der Waals surface area contributed by atoms with E-state index in [-0.39, 0.29) is 16.0 Å². The molecule has 1 heterocycles. The lowest BCUT2D eigenvalue weighted by Crippen LogP contribution is -2.01. The summed E-state index contributed by atoms with van der Waals surface area (Å²) in [5.41, 5.74) is 0.979. The number of nitro groups is 1. The van der Waals surface area contributed by atoms with Crippen molar-refractivity contribution in [3.63, 3.8) is 0 Å². The second kappa shape index (κ2) is 7.97. The first-order chi connectivity index (χ1) is 10.6. The van der Waals surface area contributed by atoms with Gasteiger partial charge in [0.1, 0.15) is 6.20 Å². The summed E-state index contributed by atoms with van der Waals surface area (Å²) in [6.45, 7) is 0.339. The van der Waals surface area contributed by atoms with Gasteiger partial charge in [-0.2, -0.15) is 0 Å². The summed E-state index contributed by atoms with van der Waals surface area (Å²) in [6, 6.07) is 9.52. The number of imidazole rings is 1. The molecule has 9 heteroatoms. The van der Waals surface area contributed by atoms with E-state index in [0.717, 1.165) is 29.4 Å². The van der Waals surface area contributed by atoms with E-state index in [0.29, 0.717) is 12.4 Å². The normalized spacial score (nSPS) is 10.6. The van der Waals surface area contributed by atoms with Crippen molar-refractivity contribution in [3.05, 3.63) is 58.0 Å². The van der Waals surface area contributed by atoms with Crippen molar-refractivity contribution < 1.29 is 13.9 Å². The molecule has 0 N–H and O–H groups in total. The van der Waals surface area contributed by atoms with Crippen LogP contribution in [-0.4, -0.2) is 18.9 Å². The van der Waals surface area contributed by atoms with Crippen LogP contribution in [0.4, 0.5) is 10.6 Å². The van der Waals surface area contributed by atoms with Crippen LogP contribution < -0.4 is 0 Å². The van der Waals surface area contributed by atoms with Crippen LogP contribution in [0, 0.1) is 10.1 Å². The minimum absolute atomic E-state index is 0.101. The highest BCUT2D eigenvalue weighted by molar-refractivity contribution is 8.36. The molecule has 0 saturated heterocycles. The number of carbonyl (C=O) groups is 1. The summed E-state index contributed by atoms with van der Waals surface area (Å²) in [4.78, 5) is 25.8. The summed E-state index contributed by atoms with van der Waals surface area (Å²) in [5, 5.41) is 10.7. The van der Waals surface area contributed by atoms with Gasteiger partial charge < -0.3 is 14.3 Å². The van der Waals surface area contributed by atoms with Crippen molar-refractivity contribution in [2.75, 3.05) is 0 Å². The Morgan fingerprint density at radius 2 is 2.14 bits per heavy atom. The van der Waals surface area contributed by atoms with Crippen molar-refractivity contribution in [3.8, 4) is 0 Å². The van der Waals surface area contributed by atoms with Crippen LogP contribution >= 0.6 is 23.8 Å². The molecule has 0 saturated carbocycles. The second-order valence-corrected chi connectivity index (χ2v) is 6.20. The van der Waals surface area contributed by atoms with Gasteiger partial charge in [-0.15, -0.1) is 0 Å². The van der Waals surface area contributed by atoms with Crippen LogP contribution in [0.2, 0.25) is 0 Å². The molecule has 1 aromatic carbocycles. The van der Waals surface area contributed by atoms with Gasteiger partial charge in [0.05, 0.1) is 31.5 Å². The molecule has 0 radical (unpaired) electrons. The van der Waals surface area contributed by atoms with E-state index in [4.69, 9.17) is 4.18 Å². The quantitative estimate of drug-likeness (QED) is 0.452. The summed E-state index contributed by atoms with van der Waals surface area (Å²) in [5.74, 6) is 0.620. The Balaban J connectivity index is 1.75. The molecule has 2 aromatic rings. The third kappa shape index (κ3) is 4.58. The molecule has 2 rings (SSSR count). The lowest BCUT2D eigenvalue weighted by atomic mass is 10.2. The molecule has 1 aromatic heterocycles. The van der Waals surface area contributed by atoms with E-state index >= 15 is 0 Å². The number of carbonyl (C=O) groups excluding carboxylic acids is 1. The van der Waals surface area contributed by atoms with Crippen molar-refractivity contribution in [1.82, 2.24) is 9.55 Å². The maximum Gasteiger partial charge on any atom is 0.342 e. The van der Waals surface area contributed by atoms with Gasteiger partial charge in [-0.05, 0) is 10.5 Å².